The zero-order chi connectivity index (χ0) is 25.7. The summed E-state index contributed by atoms with van der Waals surface area (Å²) in [6.45, 7) is 7.04. The molecule has 0 bridgehead atoms. The molecule has 3 fully saturated rings. The first kappa shape index (κ1) is 25.3. The molecule has 1 aromatic carbocycles. The first-order valence-electron chi connectivity index (χ1n) is 13.6. The number of hydrogen-bond donors (Lipinski definition) is 2. The van der Waals surface area contributed by atoms with E-state index in [0.29, 0.717) is 34.8 Å². The Balaban J connectivity index is 1.31. The summed E-state index contributed by atoms with van der Waals surface area (Å²) in [4.78, 5) is 12.9. The van der Waals surface area contributed by atoms with E-state index in [2.05, 4.69) is 37.4 Å². The van der Waals surface area contributed by atoms with E-state index in [4.69, 9.17) is 9.47 Å². The van der Waals surface area contributed by atoms with E-state index in [1.165, 1.54) is 24.8 Å². The van der Waals surface area contributed by atoms with Gasteiger partial charge in [-0.05, 0) is 99.0 Å². The van der Waals surface area contributed by atoms with E-state index in [9.17, 15) is 9.90 Å². The number of amides is 1. The number of ether oxygens (including phenoxy) is 2. The molecule has 0 heterocycles. The van der Waals surface area contributed by atoms with Gasteiger partial charge in [0, 0.05) is 23.3 Å². The third kappa shape index (κ3) is 4.15. The Morgan fingerprint density at radius 2 is 1.75 bits per heavy atom. The molecular weight excluding hydrogens is 452 g/mol. The van der Waals surface area contributed by atoms with Gasteiger partial charge >= 0.3 is 0 Å². The van der Waals surface area contributed by atoms with Gasteiger partial charge in [-0.3, -0.25) is 4.79 Å². The van der Waals surface area contributed by atoms with Crippen molar-refractivity contribution < 1.29 is 19.4 Å². The number of hydrazone groups is 1. The predicted octanol–water partition coefficient (Wildman–Crippen LogP) is 5.75. The molecule has 4 aliphatic rings. The number of benzene rings is 1. The van der Waals surface area contributed by atoms with Crippen molar-refractivity contribution in [1.82, 2.24) is 5.43 Å². The van der Waals surface area contributed by atoms with Crippen LogP contribution in [0.25, 0.3) is 0 Å². The van der Waals surface area contributed by atoms with Crippen LogP contribution in [0.1, 0.15) is 82.5 Å². The molecule has 7 unspecified atom stereocenters. The molecule has 5 rings (SSSR count). The molecule has 4 aliphatic carbocycles. The average molecular weight is 495 g/mol. The minimum absolute atomic E-state index is 0.155. The highest BCUT2D eigenvalue weighted by molar-refractivity contribution is 5.96. The maximum absolute atomic E-state index is 12.9. The lowest BCUT2D eigenvalue weighted by molar-refractivity contribution is -0.0423. The largest absolute Gasteiger partial charge is 0.497 e. The van der Waals surface area contributed by atoms with E-state index in [-0.39, 0.29) is 22.8 Å². The summed E-state index contributed by atoms with van der Waals surface area (Å²) in [7, 11) is 3.15. The van der Waals surface area contributed by atoms with E-state index >= 15 is 0 Å². The maximum Gasteiger partial charge on any atom is 0.271 e. The van der Waals surface area contributed by atoms with Crippen LogP contribution >= 0.6 is 0 Å². The topological polar surface area (TPSA) is 80.2 Å². The maximum atomic E-state index is 12.9. The highest BCUT2D eigenvalue weighted by Gasteiger charge is 2.59. The van der Waals surface area contributed by atoms with Crippen LogP contribution in [0.2, 0.25) is 0 Å². The Morgan fingerprint density at radius 3 is 2.44 bits per heavy atom. The van der Waals surface area contributed by atoms with Crippen molar-refractivity contribution in [2.24, 2.45) is 39.6 Å². The van der Waals surface area contributed by atoms with Gasteiger partial charge in [-0.1, -0.05) is 25.5 Å². The van der Waals surface area contributed by atoms with Crippen LogP contribution in [-0.4, -0.2) is 37.0 Å². The van der Waals surface area contributed by atoms with E-state index in [1.54, 1.807) is 32.4 Å². The van der Waals surface area contributed by atoms with Gasteiger partial charge in [0.2, 0.25) is 0 Å². The molecule has 2 N–H and O–H groups in total. The number of methoxy groups -OCH3 is 2. The van der Waals surface area contributed by atoms with E-state index in [1.807, 2.05) is 0 Å². The number of hydrogen-bond acceptors (Lipinski definition) is 5. The second-order valence-electron chi connectivity index (χ2n) is 12.1. The molecule has 0 saturated heterocycles. The monoisotopic (exact) mass is 494 g/mol. The number of fused-ring (bicyclic) bond motifs is 5. The van der Waals surface area contributed by atoms with Crippen LogP contribution in [0.3, 0.4) is 0 Å². The molecule has 36 heavy (non-hydrogen) atoms. The van der Waals surface area contributed by atoms with Crippen LogP contribution in [0.4, 0.5) is 0 Å². The highest BCUT2D eigenvalue weighted by Crippen LogP contribution is 2.66. The summed E-state index contributed by atoms with van der Waals surface area (Å²) in [6, 6.07) is 5.15. The number of carbonyl (C=O) groups is 1. The summed E-state index contributed by atoms with van der Waals surface area (Å²) in [5.41, 5.74) is 6.30. The number of nitrogens with one attached hydrogen (secondary N) is 1. The summed E-state index contributed by atoms with van der Waals surface area (Å²) in [5.74, 6) is 3.41. The fraction of sp³-hybridized carbons (Fsp3) is 0.667. The Hall–Kier alpha value is -2.34. The van der Waals surface area contributed by atoms with E-state index < -0.39 is 0 Å². The lowest BCUT2D eigenvalue weighted by atomic mass is 9.47. The second kappa shape index (κ2) is 9.51. The van der Waals surface area contributed by atoms with Crippen molar-refractivity contribution in [3.05, 3.63) is 35.4 Å². The lowest BCUT2D eigenvalue weighted by Gasteiger charge is -2.58. The molecule has 6 nitrogen and oxygen atoms in total. The molecule has 1 amide bonds. The van der Waals surface area contributed by atoms with Gasteiger partial charge in [-0.2, -0.15) is 5.10 Å². The van der Waals surface area contributed by atoms with Crippen LogP contribution in [0, 0.1) is 34.5 Å². The molecule has 0 spiro atoms. The number of aliphatic hydroxyl groups excluding tert-OH is 1. The molecule has 6 heteroatoms. The SMILES string of the molecule is COc1cc(OC)cc(C(=O)NN=C(C)C2CCC3C4CC=C5CC(O)CCC5(C)C4CCC23C)c1. The molecule has 196 valence electrons. The van der Waals surface area contributed by atoms with Crippen LogP contribution < -0.4 is 14.9 Å². The van der Waals surface area contributed by atoms with Gasteiger partial charge in [0.1, 0.15) is 11.5 Å². The molecule has 0 aromatic heterocycles. The lowest BCUT2D eigenvalue weighted by Crippen LogP contribution is -2.51. The standard InChI is InChI=1S/C30H42N2O4/c1-18(31-32-28(34)19-14-22(35-4)17-23(15-19)36-5)25-8-9-26-24-7-6-20-16-21(33)10-12-29(20,2)27(24)11-13-30(25,26)3/h6,14-15,17,21,24-27,33H,7-13,16H2,1-5H3,(H,32,34). The van der Waals surface area contributed by atoms with Crippen molar-refractivity contribution in [3.63, 3.8) is 0 Å². The van der Waals surface area contributed by atoms with Crippen molar-refractivity contribution in [2.45, 2.75) is 78.2 Å². The number of carbonyl (C=O) groups excluding carboxylic acids is 1. The van der Waals surface area contributed by atoms with Gasteiger partial charge in [0.25, 0.3) is 5.91 Å². The molecule has 0 aliphatic heterocycles. The minimum atomic E-state index is -0.257. The fourth-order valence-electron chi connectivity index (χ4n) is 8.55. The number of nitrogens with zero attached hydrogens (tertiary/aromatic N) is 1. The van der Waals surface area contributed by atoms with E-state index in [0.717, 1.165) is 43.7 Å². The quantitative estimate of drug-likeness (QED) is 0.310. The first-order valence-corrected chi connectivity index (χ1v) is 13.6. The number of rotatable bonds is 5. The normalized spacial score (nSPS) is 37.8. The number of allylic oxidation sites excluding steroid dienone is 1. The second-order valence-corrected chi connectivity index (χ2v) is 12.1. The molecule has 0 radical (unpaired) electrons. The smallest absolute Gasteiger partial charge is 0.271 e. The van der Waals surface area contributed by atoms with Crippen molar-refractivity contribution >= 4 is 11.6 Å². The van der Waals surface area contributed by atoms with Crippen LogP contribution in [0.5, 0.6) is 11.5 Å². The first-order chi connectivity index (χ1) is 17.2. The summed E-state index contributed by atoms with van der Waals surface area (Å²) < 4.78 is 10.6. The number of aliphatic hydroxyl groups is 1. The minimum Gasteiger partial charge on any atom is -0.497 e. The highest BCUT2D eigenvalue weighted by atomic mass is 16.5. The predicted molar refractivity (Wildman–Crippen MR) is 141 cm³/mol. The Kier molecular flexibility index (Phi) is 6.69. The van der Waals surface area contributed by atoms with Crippen molar-refractivity contribution in [3.8, 4) is 11.5 Å². The third-order valence-electron chi connectivity index (χ3n) is 10.5. The average Bonchev–Trinajstić information content (AvgIpc) is 3.24. The van der Waals surface area contributed by atoms with Crippen molar-refractivity contribution in [2.75, 3.05) is 14.2 Å². The van der Waals surface area contributed by atoms with Gasteiger partial charge < -0.3 is 14.6 Å². The third-order valence-corrected chi connectivity index (χ3v) is 10.5. The Bertz CT molecular complexity index is 1060. The zero-order valence-corrected chi connectivity index (χ0v) is 22.5. The summed E-state index contributed by atoms with van der Waals surface area (Å²) >= 11 is 0. The Morgan fingerprint density at radius 1 is 1.03 bits per heavy atom. The molecule has 1 aromatic rings. The van der Waals surface area contributed by atoms with Gasteiger partial charge in [-0.25, -0.2) is 5.43 Å². The van der Waals surface area contributed by atoms with Crippen LogP contribution in [-0.2, 0) is 0 Å². The summed E-state index contributed by atoms with van der Waals surface area (Å²) in [6.07, 6.45) is 11.2. The molecule has 7 atom stereocenters. The fourth-order valence-corrected chi connectivity index (χ4v) is 8.55. The van der Waals surface area contributed by atoms with Gasteiger partial charge in [-0.15, -0.1) is 0 Å². The van der Waals surface area contributed by atoms with Crippen LogP contribution in [0.15, 0.2) is 34.9 Å². The van der Waals surface area contributed by atoms with Crippen molar-refractivity contribution in [1.29, 1.82) is 0 Å². The summed E-state index contributed by atoms with van der Waals surface area (Å²) in [5, 5.41) is 14.9. The Labute approximate surface area is 215 Å². The molecule has 3 saturated carbocycles. The zero-order valence-electron chi connectivity index (χ0n) is 22.5. The molecular formula is C30H42N2O4. The van der Waals surface area contributed by atoms with Gasteiger partial charge in [0.05, 0.1) is 20.3 Å². The van der Waals surface area contributed by atoms with Gasteiger partial charge in [0.15, 0.2) is 0 Å².